The maximum atomic E-state index is 12.4. The standard InChI is InChI=1S/C12H15N7O/c13-11-9-12(15-6-14-11)16-17-19(9)5-8-10(20)7-1-3-18(8)4-2-7/h6-8H,1-5H2,(H2,13,14,15). The van der Waals surface area contributed by atoms with Crippen molar-refractivity contribution in [3.8, 4) is 0 Å². The molecule has 3 fully saturated rings. The van der Waals surface area contributed by atoms with E-state index in [9.17, 15) is 4.79 Å². The molecule has 3 aliphatic heterocycles. The molecule has 2 aromatic heterocycles. The van der Waals surface area contributed by atoms with Gasteiger partial charge in [0.1, 0.15) is 11.8 Å². The molecule has 0 aromatic carbocycles. The molecule has 3 aliphatic rings. The monoisotopic (exact) mass is 273 g/mol. The van der Waals surface area contributed by atoms with Crippen LogP contribution in [0.1, 0.15) is 12.8 Å². The summed E-state index contributed by atoms with van der Waals surface area (Å²) in [5, 5.41) is 8.06. The first kappa shape index (κ1) is 11.7. The van der Waals surface area contributed by atoms with Gasteiger partial charge in [-0.1, -0.05) is 5.21 Å². The van der Waals surface area contributed by atoms with Crippen LogP contribution in [0.15, 0.2) is 6.33 Å². The van der Waals surface area contributed by atoms with E-state index in [1.165, 1.54) is 6.33 Å². The van der Waals surface area contributed by atoms with E-state index in [-0.39, 0.29) is 12.0 Å². The van der Waals surface area contributed by atoms with E-state index in [4.69, 9.17) is 5.73 Å². The van der Waals surface area contributed by atoms with Gasteiger partial charge in [-0.2, -0.15) is 0 Å². The molecule has 3 saturated heterocycles. The number of Topliss-reactive ketones (excluding diaryl/α,β-unsaturated/α-hetero) is 1. The number of rotatable bonds is 2. The fraction of sp³-hybridized carbons (Fsp3) is 0.583. The maximum Gasteiger partial charge on any atom is 0.207 e. The number of piperidine rings is 3. The molecule has 20 heavy (non-hydrogen) atoms. The average molecular weight is 273 g/mol. The molecule has 104 valence electrons. The summed E-state index contributed by atoms with van der Waals surface area (Å²) in [4.78, 5) is 22.6. The molecule has 5 rings (SSSR count). The van der Waals surface area contributed by atoms with Crippen LogP contribution in [0.25, 0.3) is 11.2 Å². The van der Waals surface area contributed by atoms with Gasteiger partial charge in [0.05, 0.1) is 12.6 Å². The van der Waals surface area contributed by atoms with Crippen molar-refractivity contribution in [3.63, 3.8) is 0 Å². The Morgan fingerprint density at radius 1 is 1.30 bits per heavy atom. The summed E-state index contributed by atoms with van der Waals surface area (Å²) in [6.45, 7) is 2.45. The largest absolute Gasteiger partial charge is 0.382 e. The van der Waals surface area contributed by atoms with Gasteiger partial charge < -0.3 is 5.73 Å². The molecule has 5 heterocycles. The van der Waals surface area contributed by atoms with Crippen LogP contribution in [0, 0.1) is 5.92 Å². The Morgan fingerprint density at radius 2 is 2.10 bits per heavy atom. The summed E-state index contributed by atoms with van der Waals surface area (Å²) in [7, 11) is 0. The number of carbonyl (C=O) groups is 1. The van der Waals surface area contributed by atoms with Gasteiger partial charge in [0, 0.05) is 5.92 Å². The lowest BCUT2D eigenvalue weighted by atomic mass is 9.82. The zero-order valence-electron chi connectivity index (χ0n) is 10.9. The highest BCUT2D eigenvalue weighted by Crippen LogP contribution is 2.30. The fourth-order valence-corrected chi connectivity index (χ4v) is 3.29. The van der Waals surface area contributed by atoms with E-state index in [1.807, 2.05) is 0 Å². The molecule has 2 aromatic rings. The van der Waals surface area contributed by atoms with Crippen molar-refractivity contribution < 1.29 is 4.79 Å². The van der Waals surface area contributed by atoms with Crippen molar-refractivity contribution in [1.82, 2.24) is 29.9 Å². The van der Waals surface area contributed by atoms with Crippen LogP contribution in [0.4, 0.5) is 5.82 Å². The number of aromatic nitrogens is 5. The van der Waals surface area contributed by atoms with E-state index < -0.39 is 0 Å². The zero-order valence-corrected chi connectivity index (χ0v) is 10.9. The van der Waals surface area contributed by atoms with Gasteiger partial charge in [0.2, 0.25) is 5.65 Å². The highest BCUT2D eigenvalue weighted by Gasteiger charge is 2.41. The lowest BCUT2D eigenvalue weighted by Crippen LogP contribution is -2.56. The van der Waals surface area contributed by atoms with Crippen molar-refractivity contribution in [1.29, 1.82) is 0 Å². The highest BCUT2D eigenvalue weighted by atomic mass is 16.1. The minimum atomic E-state index is -0.119. The van der Waals surface area contributed by atoms with Crippen LogP contribution < -0.4 is 5.73 Å². The maximum absolute atomic E-state index is 12.4. The van der Waals surface area contributed by atoms with Crippen molar-refractivity contribution in [2.24, 2.45) is 5.92 Å². The van der Waals surface area contributed by atoms with Crippen LogP contribution in [0.5, 0.6) is 0 Å². The molecular weight excluding hydrogens is 258 g/mol. The Hall–Kier alpha value is -2.09. The Kier molecular flexibility index (Phi) is 2.46. The summed E-state index contributed by atoms with van der Waals surface area (Å²) in [5.41, 5.74) is 6.95. The SMILES string of the molecule is Nc1ncnc2nnn(CC3C(=O)C4CCN3CC4)c12. The number of nitrogen functional groups attached to an aromatic ring is 1. The Labute approximate surface area is 115 Å². The zero-order chi connectivity index (χ0) is 13.7. The molecule has 1 unspecified atom stereocenters. The average Bonchev–Trinajstić information content (AvgIpc) is 2.88. The van der Waals surface area contributed by atoms with Crippen molar-refractivity contribution in [2.45, 2.75) is 25.4 Å². The van der Waals surface area contributed by atoms with E-state index >= 15 is 0 Å². The van der Waals surface area contributed by atoms with E-state index in [0.717, 1.165) is 25.9 Å². The first-order valence-electron chi connectivity index (χ1n) is 6.81. The molecule has 2 N–H and O–H groups in total. The van der Waals surface area contributed by atoms with Crippen LogP contribution in [0.2, 0.25) is 0 Å². The van der Waals surface area contributed by atoms with Crippen molar-refractivity contribution in [3.05, 3.63) is 6.33 Å². The normalized spacial score (nSPS) is 29.2. The van der Waals surface area contributed by atoms with Crippen LogP contribution in [-0.2, 0) is 11.3 Å². The lowest BCUT2D eigenvalue weighted by molar-refractivity contribution is -0.137. The second-order valence-electron chi connectivity index (χ2n) is 5.43. The molecule has 0 radical (unpaired) electrons. The Balaban J connectivity index is 1.69. The third-order valence-electron chi connectivity index (χ3n) is 4.38. The Bertz CT molecular complexity index is 673. The lowest BCUT2D eigenvalue weighted by Gasteiger charge is -2.43. The number of ketones is 1. The quantitative estimate of drug-likeness (QED) is 0.784. The van der Waals surface area contributed by atoms with E-state index in [2.05, 4.69) is 25.2 Å². The van der Waals surface area contributed by atoms with Crippen LogP contribution in [-0.4, -0.2) is 54.8 Å². The van der Waals surface area contributed by atoms with Crippen molar-refractivity contribution >= 4 is 22.8 Å². The molecular formula is C12H15N7O. The fourth-order valence-electron chi connectivity index (χ4n) is 3.29. The number of nitrogens with two attached hydrogens (primary N) is 1. The first-order valence-corrected chi connectivity index (χ1v) is 6.81. The smallest absolute Gasteiger partial charge is 0.207 e. The van der Waals surface area contributed by atoms with Gasteiger partial charge in [-0.25, -0.2) is 14.6 Å². The topological polar surface area (TPSA) is 103 Å². The van der Waals surface area contributed by atoms with Gasteiger partial charge in [-0.3, -0.25) is 9.69 Å². The molecule has 0 saturated carbocycles. The summed E-state index contributed by atoms with van der Waals surface area (Å²) in [5.74, 6) is 0.887. The van der Waals surface area contributed by atoms with E-state index in [0.29, 0.717) is 29.3 Å². The molecule has 2 bridgehead atoms. The Morgan fingerprint density at radius 3 is 2.85 bits per heavy atom. The summed E-state index contributed by atoms with van der Waals surface area (Å²) in [6.07, 6.45) is 3.34. The van der Waals surface area contributed by atoms with Crippen molar-refractivity contribution in [2.75, 3.05) is 18.8 Å². The summed E-state index contributed by atoms with van der Waals surface area (Å²) < 4.78 is 1.66. The second-order valence-corrected chi connectivity index (χ2v) is 5.43. The molecule has 0 aliphatic carbocycles. The number of hydrogen-bond acceptors (Lipinski definition) is 7. The number of carbonyl (C=O) groups excluding carboxylic acids is 1. The first-order chi connectivity index (χ1) is 9.74. The van der Waals surface area contributed by atoms with Gasteiger partial charge in [-0.05, 0) is 25.9 Å². The minimum absolute atomic E-state index is 0.119. The van der Waals surface area contributed by atoms with Gasteiger partial charge in [0.15, 0.2) is 11.6 Å². The van der Waals surface area contributed by atoms with E-state index in [1.54, 1.807) is 4.68 Å². The minimum Gasteiger partial charge on any atom is -0.382 e. The van der Waals surface area contributed by atoms with Gasteiger partial charge in [0.25, 0.3) is 0 Å². The molecule has 8 nitrogen and oxygen atoms in total. The second kappa shape index (κ2) is 4.20. The summed E-state index contributed by atoms with van der Waals surface area (Å²) >= 11 is 0. The number of nitrogens with zero attached hydrogens (tertiary/aromatic N) is 6. The molecule has 0 spiro atoms. The third kappa shape index (κ3) is 1.61. The number of hydrogen-bond donors (Lipinski definition) is 1. The van der Waals surface area contributed by atoms with Gasteiger partial charge >= 0.3 is 0 Å². The highest BCUT2D eigenvalue weighted by molar-refractivity contribution is 5.88. The number of fused-ring (bicyclic) bond motifs is 4. The predicted molar refractivity (Wildman–Crippen MR) is 70.6 cm³/mol. The summed E-state index contributed by atoms with van der Waals surface area (Å²) in [6, 6.07) is -0.119. The molecule has 8 heteroatoms. The van der Waals surface area contributed by atoms with Crippen LogP contribution in [0.3, 0.4) is 0 Å². The third-order valence-corrected chi connectivity index (χ3v) is 4.38. The van der Waals surface area contributed by atoms with Crippen LogP contribution >= 0.6 is 0 Å². The molecule has 0 amide bonds. The number of anilines is 1. The van der Waals surface area contributed by atoms with Gasteiger partial charge in [-0.15, -0.1) is 5.10 Å². The predicted octanol–water partition coefficient (Wildman–Crippen LogP) is -0.533. The molecule has 1 atom stereocenters.